The van der Waals surface area contributed by atoms with Gasteiger partial charge in [-0.15, -0.1) is 11.8 Å². The number of carbonyl (C=O) groups excluding carboxylic acids is 1. The van der Waals surface area contributed by atoms with Gasteiger partial charge < -0.3 is 4.74 Å². The lowest BCUT2D eigenvalue weighted by Crippen LogP contribution is -2.14. The van der Waals surface area contributed by atoms with Crippen molar-refractivity contribution in [1.29, 1.82) is 0 Å². The van der Waals surface area contributed by atoms with Crippen molar-refractivity contribution >= 4 is 23.7 Å². The van der Waals surface area contributed by atoms with Crippen molar-refractivity contribution in [2.75, 3.05) is 7.11 Å². The molecule has 5 heteroatoms. The highest BCUT2D eigenvalue weighted by Gasteiger charge is 2.09. The zero-order valence-electron chi connectivity index (χ0n) is 12.9. The van der Waals surface area contributed by atoms with Crippen LogP contribution in [0.2, 0.25) is 0 Å². The maximum absolute atomic E-state index is 12.3. The van der Waals surface area contributed by atoms with E-state index in [1.54, 1.807) is 25.1 Å². The van der Waals surface area contributed by atoms with E-state index in [1.165, 1.54) is 4.68 Å². The van der Waals surface area contributed by atoms with Crippen LogP contribution in [0.5, 0.6) is 5.75 Å². The van der Waals surface area contributed by atoms with Gasteiger partial charge in [0.25, 0.3) is 5.91 Å². The topological polar surface area (TPSA) is 44.1 Å². The van der Waals surface area contributed by atoms with E-state index in [9.17, 15) is 4.79 Å². The summed E-state index contributed by atoms with van der Waals surface area (Å²) in [6.45, 7) is 0. The van der Waals surface area contributed by atoms with Crippen molar-refractivity contribution in [2.24, 2.45) is 0 Å². The van der Waals surface area contributed by atoms with Crippen LogP contribution in [-0.2, 0) is 6.42 Å². The number of carbonyl (C=O) groups is 1. The predicted molar refractivity (Wildman–Crippen MR) is 93.7 cm³/mol. The van der Waals surface area contributed by atoms with Crippen LogP contribution in [0.4, 0.5) is 0 Å². The molecule has 0 aliphatic carbocycles. The zero-order chi connectivity index (χ0) is 16.1. The van der Waals surface area contributed by atoms with Crippen LogP contribution in [-0.4, -0.2) is 28.0 Å². The third kappa shape index (κ3) is 4.13. The molecule has 118 valence electrons. The third-order valence-corrected chi connectivity index (χ3v) is 4.63. The van der Waals surface area contributed by atoms with E-state index in [0.717, 1.165) is 23.4 Å². The van der Waals surface area contributed by atoms with Crippen molar-refractivity contribution < 1.29 is 9.53 Å². The summed E-state index contributed by atoms with van der Waals surface area (Å²) in [5.74, 6) is 0.735. The fraction of sp³-hybridized carbons (Fsp3) is 0.222. The molecule has 0 spiro atoms. The summed E-state index contributed by atoms with van der Waals surface area (Å²) in [4.78, 5) is 12.3. The third-order valence-electron chi connectivity index (χ3n) is 3.58. The maximum Gasteiger partial charge on any atom is 0.251 e. The Morgan fingerprint density at radius 2 is 2.22 bits per heavy atom. The summed E-state index contributed by atoms with van der Waals surface area (Å²) in [6.07, 6.45) is 9.35. The SMILES string of the molecule is COc1ccc(CC(=O)n2ccc(/C=C/C3CC=CS3)n2)cc1. The molecule has 0 fully saturated rings. The molecule has 1 aromatic heterocycles. The van der Waals surface area contributed by atoms with Gasteiger partial charge in [0.1, 0.15) is 5.75 Å². The lowest BCUT2D eigenvalue weighted by Gasteiger charge is -2.03. The molecule has 1 aliphatic rings. The largest absolute Gasteiger partial charge is 0.497 e. The van der Waals surface area contributed by atoms with Gasteiger partial charge >= 0.3 is 0 Å². The number of benzene rings is 1. The zero-order valence-corrected chi connectivity index (χ0v) is 13.7. The smallest absolute Gasteiger partial charge is 0.251 e. The molecule has 2 aromatic rings. The van der Waals surface area contributed by atoms with Crippen LogP contribution in [0, 0.1) is 0 Å². The molecule has 0 saturated carbocycles. The highest BCUT2D eigenvalue weighted by Crippen LogP contribution is 2.25. The second-order valence-corrected chi connectivity index (χ2v) is 6.39. The maximum atomic E-state index is 12.3. The van der Waals surface area contributed by atoms with Gasteiger partial charge in [0, 0.05) is 11.4 Å². The molecule has 0 N–H and O–H groups in total. The Morgan fingerprint density at radius 3 is 2.91 bits per heavy atom. The van der Waals surface area contributed by atoms with E-state index in [4.69, 9.17) is 4.74 Å². The van der Waals surface area contributed by atoms with Crippen LogP contribution in [0.15, 0.2) is 54.1 Å². The summed E-state index contributed by atoms with van der Waals surface area (Å²) in [6, 6.07) is 9.35. The normalized spacial score (nSPS) is 17.0. The van der Waals surface area contributed by atoms with Crippen LogP contribution in [0.25, 0.3) is 6.08 Å². The Hall–Kier alpha value is -2.27. The van der Waals surface area contributed by atoms with Gasteiger partial charge in [0.05, 0.1) is 19.2 Å². The highest BCUT2D eigenvalue weighted by atomic mass is 32.2. The van der Waals surface area contributed by atoms with Crippen LogP contribution in [0.3, 0.4) is 0 Å². The van der Waals surface area contributed by atoms with E-state index in [-0.39, 0.29) is 5.91 Å². The molecule has 0 radical (unpaired) electrons. The number of nitrogens with zero attached hydrogens (tertiary/aromatic N) is 2. The minimum atomic E-state index is -0.0493. The number of hydrogen-bond acceptors (Lipinski definition) is 4. The second kappa shape index (κ2) is 7.33. The first-order valence-electron chi connectivity index (χ1n) is 7.45. The van der Waals surface area contributed by atoms with E-state index in [2.05, 4.69) is 22.7 Å². The fourth-order valence-corrected chi connectivity index (χ4v) is 3.11. The number of methoxy groups -OCH3 is 1. The van der Waals surface area contributed by atoms with E-state index in [1.807, 2.05) is 36.4 Å². The van der Waals surface area contributed by atoms with E-state index >= 15 is 0 Å². The lowest BCUT2D eigenvalue weighted by molar-refractivity contribution is 0.0898. The van der Waals surface area contributed by atoms with Crippen LogP contribution in [0.1, 0.15) is 22.5 Å². The lowest BCUT2D eigenvalue weighted by atomic mass is 10.1. The fourth-order valence-electron chi connectivity index (χ4n) is 2.30. The van der Waals surface area contributed by atoms with Crippen LogP contribution >= 0.6 is 11.8 Å². The van der Waals surface area contributed by atoms with Crippen molar-refractivity contribution in [3.8, 4) is 5.75 Å². The molecule has 3 rings (SSSR count). The summed E-state index contributed by atoms with van der Waals surface area (Å²) in [7, 11) is 1.62. The molecule has 1 atom stereocenters. The summed E-state index contributed by atoms with van der Waals surface area (Å²) in [5.41, 5.74) is 1.75. The molecule has 0 amide bonds. The van der Waals surface area contributed by atoms with Gasteiger partial charge in [-0.05, 0) is 41.7 Å². The van der Waals surface area contributed by atoms with Crippen molar-refractivity contribution in [3.63, 3.8) is 0 Å². The Bertz CT molecular complexity index is 724. The molecule has 2 heterocycles. The van der Waals surface area contributed by atoms with Crippen molar-refractivity contribution in [1.82, 2.24) is 9.78 Å². The Labute approximate surface area is 139 Å². The molecule has 1 aromatic carbocycles. The summed E-state index contributed by atoms with van der Waals surface area (Å²) >= 11 is 1.80. The van der Waals surface area contributed by atoms with Gasteiger partial charge in [-0.1, -0.05) is 24.3 Å². The summed E-state index contributed by atoms with van der Waals surface area (Å²) < 4.78 is 6.52. The molecular formula is C18H18N2O2S. The average Bonchev–Trinajstić information content (AvgIpc) is 3.25. The van der Waals surface area contributed by atoms with Gasteiger partial charge in [-0.25, -0.2) is 4.68 Å². The minimum Gasteiger partial charge on any atom is -0.497 e. The molecule has 4 nitrogen and oxygen atoms in total. The Balaban J connectivity index is 1.61. The summed E-state index contributed by atoms with van der Waals surface area (Å²) in [5, 5.41) is 6.93. The van der Waals surface area contributed by atoms with E-state index in [0.29, 0.717) is 11.7 Å². The number of thioether (sulfide) groups is 1. The molecule has 1 aliphatic heterocycles. The molecule has 1 unspecified atom stereocenters. The number of hydrogen-bond donors (Lipinski definition) is 0. The quantitative estimate of drug-likeness (QED) is 0.838. The average molecular weight is 326 g/mol. The molecular weight excluding hydrogens is 308 g/mol. The first-order chi connectivity index (χ1) is 11.2. The van der Waals surface area contributed by atoms with Gasteiger partial charge in [0.2, 0.25) is 0 Å². The molecule has 23 heavy (non-hydrogen) atoms. The van der Waals surface area contributed by atoms with Gasteiger partial charge in [0.15, 0.2) is 0 Å². The monoisotopic (exact) mass is 326 g/mol. The molecule has 0 saturated heterocycles. The highest BCUT2D eigenvalue weighted by molar-refractivity contribution is 8.03. The van der Waals surface area contributed by atoms with Crippen molar-refractivity contribution in [3.05, 3.63) is 65.3 Å². The number of aromatic nitrogens is 2. The molecule has 0 bridgehead atoms. The predicted octanol–water partition coefficient (Wildman–Crippen LogP) is 3.81. The number of allylic oxidation sites excluding steroid dienone is 1. The van der Waals surface area contributed by atoms with Crippen molar-refractivity contribution in [2.45, 2.75) is 18.1 Å². The Morgan fingerprint density at radius 1 is 1.39 bits per heavy atom. The van der Waals surface area contributed by atoms with Gasteiger partial charge in [-0.3, -0.25) is 4.79 Å². The van der Waals surface area contributed by atoms with Gasteiger partial charge in [-0.2, -0.15) is 5.10 Å². The van der Waals surface area contributed by atoms with E-state index < -0.39 is 0 Å². The number of rotatable bonds is 5. The number of ether oxygens (including phenoxy) is 1. The standard InChI is InChI=1S/C18H18N2O2S/c1-22-16-7-4-14(5-8-16)13-18(21)20-11-10-15(19-20)6-9-17-3-2-12-23-17/h2,4-12,17H,3,13H2,1H3/b9-6+. The minimum absolute atomic E-state index is 0.0493. The van der Waals surface area contributed by atoms with Crippen LogP contribution < -0.4 is 4.74 Å². The first kappa shape index (κ1) is 15.6. The Kier molecular flexibility index (Phi) is 4.98. The second-order valence-electron chi connectivity index (χ2n) is 5.24. The first-order valence-corrected chi connectivity index (χ1v) is 8.39.